The van der Waals surface area contributed by atoms with Gasteiger partial charge < -0.3 is 45.6 Å². The minimum absolute atomic E-state index is 0.0446. The van der Waals surface area contributed by atoms with Crippen LogP contribution in [0.15, 0.2) is 267 Å². The first-order valence-corrected chi connectivity index (χ1v) is 38.9. The first kappa shape index (κ1) is 79.2. The number of carbonyl (C=O) groups is 4. The molecular weight excluding hydrogens is 1390 g/mol. The van der Waals surface area contributed by atoms with Crippen molar-refractivity contribution in [3.8, 4) is 11.5 Å². The van der Waals surface area contributed by atoms with E-state index in [0.29, 0.717) is 68.4 Å². The van der Waals surface area contributed by atoms with Crippen molar-refractivity contribution in [2.45, 2.75) is 113 Å². The molecule has 2 aliphatic rings. The molecule has 3 amide bonds. The van der Waals surface area contributed by atoms with Crippen molar-refractivity contribution in [3.05, 3.63) is 301 Å². The van der Waals surface area contributed by atoms with Crippen LogP contribution in [-0.2, 0) is 35.3 Å². The van der Waals surface area contributed by atoms with Crippen LogP contribution in [0.5, 0.6) is 11.5 Å². The first-order chi connectivity index (χ1) is 54.4. The smallest absolute Gasteiger partial charge is 0.335 e. The van der Waals surface area contributed by atoms with Crippen LogP contribution in [0.1, 0.15) is 94.3 Å². The van der Waals surface area contributed by atoms with Crippen LogP contribution in [0.3, 0.4) is 0 Å². The molecule has 111 heavy (non-hydrogen) atoms. The number of ether oxygens (including phenoxy) is 2. The molecule has 2 fully saturated rings. The van der Waals surface area contributed by atoms with E-state index in [2.05, 4.69) is 143 Å². The summed E-state index contributed by atoms with van der Waals surface area (Å²) in [5.74, 6) is 0.151. The van der Waals surface area contributed by atoms with Gasteiger partial charge >= 0.3 is 5.97 Å². The van der Waals surface area contributed by atoms with Crippen molar-refractivity contribution in [3.63, 3.8) is 0 Å². The van der Waals surface area contributed by atoms with Crippen LogP contribution in [-0.4, -0.2) is 176 Å². The predicted molar refractivity (Wildman–Crippen MR) is 438 cm³/mol. The van der Waals surface area contributed by atoms with Gasteiger partial charge in [0.1, 0.15) is 43.0 Å². The van der Waals surface area contributed by atoms with E-state index in [9.17, 15) is 29.4 Å². The summed E-state index contributed by atoms with van der Waals surface area (Å²) in [6.45, 7) is 4.20. The number of aromatic nitrogens is 4. The number of aromatic carboxylic acids is 1. The first-order valence-electron chi connectivity index (χ1n) is 38.9. The van der Waals surface area contributed by atoms with Crippen molar-refractivity contribution in [1.82, 2.24) is 50.6 Å². The van der Waals surface area contributed by atoms with Gasteiger partial charge in [0.25, 0.3) is 5.91 Å². The number of piperazine rings is 2. The van der Waals surface area contributed by atoms with E-state index in [1.165, 1.54) is 22.3 Å². The van der Waals surface area contributed by atoms with E-state index in [-0.39, 0.29) is 49.1 Å². The van der Waals surface area contributed by atoms with E-state index in [1.807, 2.05) is 115 Å². The number of benzene rings is 8. The van der Waals surface area contributed by atoms with Gasteiger partial charge in [-0.05, 0) is 196 Å². The van der Waals surface area contributed by atoms with Gasteiger partial charge in [-0.1, -0.05) is 146 Å². The zero-order valence-electron chi connectivity index (χ0n) is 62.8. The maximum atomic E-state index is 14.5. The molecule has 0 spiro atoms. The third kappa shape index (κ3) is 24.1. The van der Waals surface area contributed by atoms with E-state index >= 15 is 0 Å². The Morgan fingerprint density at radius 2 is 0.847 bits per heavy atom. The molecule has 572 valence electrons. The van der Waals surface area contributed by atoms with E-state index in [4.69, 9.17) is 14.6 Å². The highest BCUT2D eigenvalue weighted by Crippen LogP contribution is 2.27. The van der Waals surface area contributed by atoms with Gasteiger partial charge in [-0.15, -0.1) is 0 Å². The molecule has 0 radical (unpaired) electrons. The van der Waals surface area contributed by atoms with E-state index in [0.717, 1.165) is 127 Å². The maximum absolute atomic E-state index is 14.5. The molecule has 19 heteroatoms. The molecule has 2 saturated heterocycles. The van der Waals surface area contributed by atoms with E-state index < -0.39 is 24.2 Å². The summed E-state index contributed by atoms with van der Waals surface area (Å²) in [5, 5.41) is 44.4. The summed E-state index contributed by atoms with van der Waals surface area (Å²) >= 11 is 0. The Labute approximate surface area is 649 Å². The van der Waals surface area contributed by atoms with Gasteiger partial charge in [0, 0.05) is 116 Å². The number of hydrogen-bond acceptors (Lipinski definition) is 15. The lowest BCUT2D eigenvalue weighted by Gasteiger charge is -2.41. The quantitative estimate of drug-likeness (QED) is 0.0229. The van der Waals surface area contributed by atoms with Crippen molar-refractivity contribution < 1.29 is 44.0 Å². The summed E-state index contributed by atoms with van der Waals surface area (Å²) in [6.07, 6.45) is 16.8. The third-order valence-corrected chi connectivity index (χ3v) is 20.5. The number of hydrogen-bond donors (Lipinski definition) is 6. The molecule has 6 heterocycles. The summed E-state index contributed by atoms with van der Waals surface area (Å²) in [5.41, 5.74) is 9.35. The fraction of sp³-hybridized carbons (Fsp3) is 0.304. The molecule has 4 aromatic heterocycles. The number of nitrogens with one attached hydrogen (secondary N) is 3. The van der Waals surface area contributed by atoms with Crippen LogP contribution < -0.4 is 25.4 Å². The third-order valence-electron chi connectivity index (χ3n) is 20.5. The van der Waals surface area contributed by atoms with E-state index in [1.54, 1.807) is 60.0 Å². The van der Waals surface area contributed by atoms with Gasteiger partial charge in [-0.2, -0.15) is 0 Å². The summed E-state index contributed by atoms with van der Waals surface area (Å²) in [6, 6.07) is 77.9. The highest BCUT2D eigenvalue weighted by molar-refractivity contribution is 6.00. The number of carboxylic acids is 1. The van der Waals surface area contributed by atoms with Gasteiger partial charge in [0.15, 0.2) is 0 Å². The average molecular weight is 1490 g/mol. The molecule has 12 aromatic rings. The highest BCUT2D eigenvalue weighted by atomic mass is 16.5. The second-order valence-corrected chi connectivity index (χ2v) is 28.7. The Morgan fingerprint density at radius 3 is 1.31 bits per heavy atom. The fourth-order valence-corrected chi connectivity index (χ4v) is 14.6. The average Bonchev–Trinajstić information content (AvgIpc) is 0.799. The van der Waals surface area contributed by atoms with Crippen LogP contribution in [0, 0.1) is 0 Å². The second kappa shape index (κ2) is 41.5. The molecule has 19 nitrogen and oxygen atoms in total. The number of β-amino-alcohol motifs (C(OH)–C–C–N with tert-alkyl or cyclic N) is 2. The molecule has 6 N–H and O–H groups in total. The molecular formula is C92H100N10O9. The maximum Gasteiger partial charge on any atom is 0.335 e. The summed E-state index contributed by atoms with van der Waals surface area (Å²) in [4.78, 5) is 76.0. The summed E-state index contributed by atoms with van der Waals surface area (Å²) < 4.78 is 12.1. The lowest BCUT2D eigenvalue weighted by molar-refractivity contribution is -0.129. The number of aliphatic hydroxyl groups is 2. The number of rotatable bonds is 32. The Morgan fingerprint density at radius 1 is 0.432 bits per heavy atom. The van der Waals surface area contributed by atoms with Crippen molar-refractivity contribution >= 4 is 67.3 Å². The lowest BCUT2D eigenvalue weighted by atomic mass is 9.98. The normalized spacial score (nSPS) is 15.1. The molecule has 14 rings (SSSR count). The van der Waals surface area contributed by atoms with Crippen molar-refractivity contribution in [2.75, 3.05) is 65.6 Å². The molecule has 4 atom stereocenters. The Kier molecular flexibility index (Phi) is 29.6. The second-order valence-electron chi connectivity index (χ2n) is 28.7. The van der Waals surface area contributed by atoms with Crippen LogP contribution >= 0.6 is 0 Å². The number of fused-ring (bicyclic) bond motifs is 4. The molecule has 0 bridgehead atoms. The SMILES string of the molecule is O=C(NC(CCCc1ccccc1)CCCc1ccccc1)C1CN(C[C@@H](O)COc2cccc3ncccc23)CCN1.O=C(NC(CCCc1ccccc1)CCCc1ccccc1)C1CN(C[C@@H](O)COc2cccc3ncccc23)CCN1C(=O)c1ccc2ncccc2c1.O=C(O)c1ccc2ncccc2c1. The van der Waals surface area contributed by atoms with Gasteiger partial charge in [0.2, 0.25) is 11.8 Å². The number of amides is 3. The predicted octanol–water partition coefficient (Wildman–Crippen LogP) is 13.6. The highest BCUT2D eigenvalue weighted by Gasteiger charge is 2.37. The number of pyridine rings is 4. The lowest BCUT2D eigenvalue weighted by Crippen LogP contribution is -2.62. The molecule has 2 unspecified atom stereocenters. The van der Waals surface area contributed by atoms with Crippen molar-refractivity contribution in [1.29, 1.82) is 0 Å². The zero-order chi connectivity index (χ0) is 76.8. The Bertz CT molecular complexity index is 4810. The number of carbonyl (C=O) groups excluding carboxylic acids is 3. The minimum Gasteiger partial charge on any atom is -0.490 e. The van der Waals surface area contributed by atoms with Gasteiger partial charge in [-0.3, -0.25) is 44.1 Å². The fourth-order valence-electron chi connectivity index (χ4n) is 14.6. The number of carboxylic acid groups (broad SMARTS) is 1. The standard InChI is InChI=1S/C46H49N5O4.C36H44N4O3.C10H7NO2/c52-39(33-55-44-23-9-22-42-40(44)21-11-27-48-42)31-50-28-29-51(46(54)37-24-25-41-36(30-37)18-10-26-47-41)43(32-50)45(53)49-38(19-7-16-34-12-3-1-4-13-34)20-8-17-35-14-5-2-6-15-35;41-31(27-43-35-21-9-20-33-32(35)19-10-22-37-33)25-40-24-23-38-34(26-40)36(42)39-30(17-7-15-28-11-3-1-4-12-28)18-8-16-29-13-5-2-6-14-29;12-10(13)8-3-4-9-7(6-8)2-1-5-11-9/h1-6,9-15,18,21-27,30,38-39,43,52H,7-8,16-17,19-20,28-29,31-33H2,(H,49,53);1-6,9-14,19-22,30-31,34,38,41H,7-8,15-18,23-27H2,(H,39,42);1-6H,(H,12,13)/t39-,43?;31-,34?;/m11./s1. The Hall–Kier alpha value is -11.3. The van der Waals surface area contributed by atoms with Gasteiger partial charge in [0.05, 0.1) is 33.7 Å². The monoisotopic (exact) mass is 1490 g/mol. The largest absolute Gasteiger partial charge is 0.490 e. The molecule has 2 aliphatic heterocycles. The summed E-state index contributed by atoms with van der Waals surface area (Å²) in [7, 11) is 0. The molecule has 8 aromatic carbocycles. The van der Waals surface area contributed by atoms with Gasteiger partial charge in [-0.25, -0.2) is 4.79 Å². The van der Waals surface area contributed by atoms with Crippen LogP contribution in [0.2, 0.25) is 0 Å². The number of aliphatic hydroxyl groups excluding tert-OH is 2. The number of nitrogens with zero attached hydrogens (tertiary/aromatic N) is 7. The van der Waals surface area contributed by atoms with Crippen molar-refractivity contribution in [2.24, 2.45) is 0 Å². The molecule has 0 aliphatic carbocycles. The molecule has 0 saturated carbocycles. The minimum atomic E-state index is -0.911. The number of aryl methyl sites for hydroxylation is 4. The van der Waals surface area contributed by atoms with Crippen LogP contribution in [0.25, 0.3) is 43.6 Å². The zero-order valence-corrected chi connectivity index (χ0v) is 62.8. The topological polar surface area (TPSA) is 245 Å². The Balaban J connectivity index is 0.000000180. The van der Waals surface area contributed by atoms with Crippen LogP contribution in [0.4, 0.5) is 0 Å².